The summed E-state index contributed by atoms with van der Waals surface area (Å²) in [5.74, 6) is 0.782. The molecule has 0 unspecified atom stereocenters. The van der Waals surface area contributed by atoms with Crippen molar-refractivity contribution < 1.29 is 9.53 Å². The van der Waals surface area contributed by atoms with E-state index in [0.717, 1.165) is 0 Å². The number of pyridine rings is 1. The Bertz CT molecular complexity index is 591. The molecule has 5 nitrogen and oxygen atoms in total. The number of aryl methyl sites for hydroxylation is 1. The minimum Gasteiger partial charge on any atom is -0.497 e. The first kappa shape index (κ1) is 12.9. The van der Waals surface area contributed by atoms with Gasteiger partial charge in [0.1, 0.15) is 11.6 Å². The van der Waals surface area contributed by atoms with Gasteiger partial charge in [-0.25, -0.2) is 4.98 Å². The monoisotopic (exact) mass is 257 g/mol. The van der Waals surface area contributed by atoms with Crippen molar-refractivity contribution in [2.75, 3.05) is 18.2 Å². The Morgan fingerprint density at radius 2 is 2.11 bits per heavy atom. The zero-order valence-corrected chi connectivity index (χ0v) is 10.8. The minimum absolute atomic E-state index is 0.231. The third-order valence-corrected chi connectivity index (χ3v) is 2.56. The molecule has 2 rings (SSSR count). The van der Waals surface area contributed by atoms with Crippen LogP contribution in [0.1, 0.15) is 16.1 Å². The Morgan fingerprint density at radius 3 is 2.79 bits per heavy atom. The summed E-state index contributed by atoms with van der Waals surface area (Å²) in [6.07, 6.45) is 0. The molecule has 0 fully saturated rings. The maximum Gasteiger partial charge on any atom is 0.255 e. The first-order valence-electron chi connectivity index (χ1n) is 5.78. The van der Waals surface area contributed by atoms with E-state index in [9.17, 15) is 4.79 Å². The van der Waals surface area contributed by atoms with Crippen molar-refractivity contribution in [1.29, 1.82) is 0 Å². The van der Waals surface area contributed by atoms with Crippen molar-refractivity contribution in [2.45, 2.75) is 6.92 Å². The Morgan fingerprint density at radius 1 is 1.32 bits per heavy atom. The van der Waals surface area contributed by atoms with Gasteiger partial charge in [0.05, 0.1) is 7.11 Å². The fourth-order valence-corrected chi connectivity index (χ4v) is 1.73. The molecule has 0 bridgehead atoms. The summed E-state index contributed by atoms with van der Waals surface area (Å²) in [7, 11) is 1.58. The summed E-state index contributed by atoms with van der Waals surface area (Å²) in [6.45, 7) is 1.79. The number of hydrogen-bond donors (Lipinski definition) is 2. The van der Waals surface area contributed by atoms with Crippen molar-refractivity contribution in [2.24, 2.45) is 0 Å². The van der Waals surface area contributed by atoms with Crippen LogP contribution in [0.5, 0.6) is 5.75 Å². The molecule has 1 aromatic heterocycles. The van der Waals surface area contributed by atoms with Gasteiger partial charge in [0.25, 0.3) is 5.91 Å². The number of aromatic nitrogens is 1. The van der Waals surface area contributed by atoms with E-state index in [1.807, 2.05) is 6.07 Å². The molecule has 1 aromatic carbocycles. The van der Waals surface area contributed by atoms with Gasteiger partial charge < -0.3 is 15.8 Å². The molecular formula is C14H15N3O2. The van der Waals surface area contributed by atoms with E-state index < -0.39 is 0 Å². The Kier molecular flexibility index (Phi) is 3.66. The molecule has 0 aliphatic heterocycles. The molecule has 98 valence electrons. The molecule has 19 heavy (non-hydrogen) atoms. The van der Waals surface area contributed by atoms with Gasteiger partial charge in [0.15, 0.2) is 0 Å². The average Bonchev–Trinajstić information content (AvgIpc) is 2.37. The summed E-state index contributed by atoms with van der Waals surface area (Å²) in [5, 5.41) is 2.79. The van der Waals surface area contributed by atoms with Gasteiger partial charge >= 0.3 is 0 Å². The van der Waals surface area contributed by atoms with Gasteiger partial charge in [-0.15, -0.1) is 0 Å². The number of carbonyl (C=O) groups is 1. The number of rotatable bonds is 3. The second-order valence-electron chi connectivity index (χ2n) is 4.11. The fraction of sp³-hybridized carbons (Fsp3) is 0.143. The lowest BCUT2D eigenvalue weighted by Gasteiger charge is -2.08. The van der Waals surface area contributed by atoms with Crippen molar-refractivity contribution in [3.05, 3.63) is 47.7 Å². The van der Waals surface area contributed by atoms with Crippen LogP contribution in [0.2, 0.25) is 0 Å². The quantitative estimate of drug-likeness (QED) is 0.884. The number of nitrogen functional groups attached to an aromatic ring is 1. The lowest BCUT2D eigenvalue weighted by Crippen LogP contribution is -2.13. The van der Waals surface area contributed by atoms with Gasteiger partial charge in [-0.1, -0.05) is 6.07 Å². The SMILES string of the molecule is COc1cccc(NC(=O)c2cc(C)nc(N)c2)c1. The number of ether oxygens (including phenoxy) is 1. The third kappa shape index (κ3) is 3.22. The van der Waals surface area contributed by atoms with Crippen LogP contribution in [0.25, 0.3) is 0 Å². The predicted molar refractivity (Wildman–Crippen MR) is 74.3 cm³/mol. The van der Waals surface area contributed by atoms with Gasteiger partial charge in [-0.2, -0.15) is 0 Å². The van der Waals surface area contributed by atoms with Crippen LogP contribution in [-0.2, 0) is 0 Å². The number of carbonyl (C=O) groups excluding carboxylic acids is 1. The first-order valence-corrected chi connectivity index (χ1v) is 5.78. The van der Waals surface area contributed by atoms with Crippen LogP contribution in [0.3, 0.4) is 0 Å². The van der Waals surface area contributed by atoms with Gasteiger partial charge in [0, 0.05) is 23.0 Å². The highest BCUT2D eigenvalue weighted by Crippen LogP contribution is 2.18. The highest BCUT2D eigenvalue weighted by Gasteiger charge is 2.08. The van der Waals surface area contributed by atoms with Crippen LogP contribution < -0.4 is 15.8 Å². The van der Waals surface area contributed by atoms with Crippen molar-refractivity contribution in [3.8, 4) is 5.75 Å². The van der Waals surface area contributed by atoms with E-state index in [4.69, 9.17) is 10.5 Å². The maximum absolute atomic E-state index is 12.1. The molecule has 0 aliphatic carbocycles. The summed E-state index contributed by atoms with van der Waals surface area (Å²) in [5.41, 5.74) is 7.47. The van der Waals surface area contributed by atoms with Crippen LogP contribution in [-0.4, -0.2) is 18.0 Å². The second-order valence-corrected chi connectivity index (χ2v) is 4.11. The zero-order valence-electron chi connectivity index (χ0n) is 10.8. The van der Waals surface area contributed by atoms with Crippen LogP contribution in [0.15, 0.2) is 36.4 Å². The summed E-state index contributed by atoms with van der Waals surface area (Å²) in [4.78, 5) is 16.1. The van der Waals surface area contributed by atoms with E-state index in [1.54, 1.807) is 44.4 Å². The van der Waals surface area contributed by atoms with Crippen molar-refractivity contribution >= 4 is 17.4 Å². The van der Waals surface area contributed by atoms with E-state index >= 15 is 0 Å². The van der Waals surface area contributed by atoms with Crippen molar-refractivity contribution in [3.63, 3.8) is 0 Å². The normalized spacial score (nSPS) is 10.0. The Hall–Kier alpha value is -2.56. The predicted octanol–water partition coefficient (Wildman–Crippen LogP) is 2.23. The van der Waals surface area contributed by atoms with Gasteiger partial charge in [-0.3, -0.25) is 4.79 Å². The summed E-state index contributed by atoms with van der Waals surface area (Å²) in [6, 6.07) is 10.4. The molecule has 0 atom stereocenters. The van der Waals surface area contributed by atoms with Gasteiger partial charge in [-0.05, 0) is 31.2 Å². The number of benzene rings is 1. The van der Waals surface area contributed by atoms with E-state index in [-0.39, 0.29) is 5.91 Å². The van der Waals surface area contributed by atoms with Crippen LogP contribution >= 0.6 is 0 Å². The molecule has 0 aliphatic rings. The standard InChI is InChI=1S/C14H15N3O2/c1-9-6-10(7-13(15)16-9)14(18)17-11-4-3-5-12(8-11)19-2/h3-8H,1-2H3,(H2,15,16)(H,17,18). The number of methoxy groups -OCH3 is 1. The number of amides is 1. The summed E-state index contributed by atoms with van der Waals surface area (Å²) < 4.78 is 5.10. The Labute approximate surface area is 111 Å². The molecule has 0 radical (unpaired) electrons. The van der Waals surface area contributed by atoms with Crippen LogP contribution in [0.4, 0.5) is 11.5 Å². The van der Waals surface area contributed by atoms with Gasteiger partial charge in [0.2, 0.25) is 0 Å². The maximum atomic E-state index is 12.1. The van der Waals surface area contributed by atoms with E-state index in [0.29, 0.717) is 28.5 Å². The minimum atomic E-state index is -0.231. The molecule has 1 heterocycles. The van der Waals surface area contributed by atoms with Crippen molar-refractivity contribution in [1.82, 2.24) is 4.98 Å². The van der Waals surface area contributed by atoms with E-state index in [1.165, 1.54) is 0 Å². The molecule has 0 spiro atoms. The fourth-order valence-electron chi connectivity index (χ4n) is 1.73. The molecule has 2 aromatic rings. The number of nitrogens with zero attached hydrogens (tertiary/aromatic N) is 1. The molecule has 1 amide bonds. The molecule has 5 heteroatoms. The molecule has 0 saturated heterocycles. The highest BCUT2D eigenvalue weighted by molar-refractivity contribution is 6.04. The molecular weight excluding hydrogens is 242 g/mol. The Balaban J connectivity index is 2.20. The highest BCUT2D eigenvalue weighted by atomic mass is 16.5. The first-order chi connectivity index (χ1) is 9.08. The number of nitrogens with one attached hydrogen (secondary N) is 1. The summed E-state index contributed by atoms with van der Waals surface area (Å²) >= 11 is 0. The number of hydrogen-bond acceptors (Lipinski definition) is 4. The molecule has 0 saturated carbocycles. The smallest absolute Gasteiger partial charge is 0.255 e. The second kappa shape index (κ2) is 5.39. The van der Waals surface area contributed by atoms with Crippen LogP contribution in [0, 0.1) is 6.92 Å². The zero-order chi connectivity index (χ0) is 13.8. The lowest BCUT2D eigenvalue weighted by molar-refractivity contribution is 0.102. The number of nitrogens with two attached hydrogens (primary N) is 1. The molecule has 3 N–H and O–H groups in total. The lowest BCUT2D eigenvalue weighted by atomic mass is 10.2. The van der Waals surface area contributed by atoms with E-state index in [2.05, 4.69) is 10.3 Å². The topological polar surface area (TPSA) is 77.2 Å². The average molecular weight is 257 g/mol. The third-order valence-electron chi connectivity index (χ3n) is 2.56. The number of anilines is 2. The largest absolute Gasteiger partial charge is 0.497 e.